The highest BCUT2D eigenvalue weighted by atomic mass is 32.1. The van der Waals surface area contributed by atoms with Crippen LogP contribution in [0.2, 0.25) is 0 Å². The van der Waals surface area contributed by atoms with Crippen LogP contribution in [0.4, 0.5) is 5.69 Å². The number of amides is 1. The third-order valence-corrected chi connectivity index (χ3v) is 4.00. The molecule has 2 aromatic carbocycles. The molecule has 1 aromatic heterocycles. The molecule has 0 atom stereocenters. The fraction of sp³-hybridized carbons (Fsp3) is 0.190. The number of aromatic nitrogens is 1. The van der Waals surface area contributed by atoms with Crippen LogP contribution in [0, 0.1) is 6.92 Å². The maximum absolute atomic E-state index is 12.1. The number of benzene rings is 2. The first-order chi connectivity index (χ1) is 14.0. The highest BCUT2D eigenvalue weighted by molar-refractivity contribution is 7.80. The third kappa shape index (κ3) is 6.05. The van der Waals surface area contributed by atoms with E-state index in [9.17, 15) is 4.79 Å². The summed E-state index contributed by atoms with van der Waals surface area (Å²) in [6, 6.07) is 16.6. The number of nitrogens with zero attached hydrogens (tertiary/aromatic N) is 1. The van der Waals surface area contributed by atoms with Gasteiger partial charge >= 0.3 is 0 Å². The van der Waals surface area contributed by atoms with E-state index in [4.69, 9.17) is 26.2 Å². The number of thiocarbonyl (C=S) groups is 1. The molecule has 0 bridgehead atoms. The standard InChI is InChI=1S/C21H21N3O4S/c1-3-26-17-8-4-6-15(11-17)13-27-18-9-5-7-16(12-18)22-21(29)23-20(25)19-10-14(2)28-24-19/h4-12H,3,13H2,1-2H3,(H2,22,23,25,29). The van der Waals surface area contributed by atoms with Gasteiger partial charge in [-0.25, -0.2) is 0 Å². The van der Waals surface area contributed by atoms with Gasteiger partial charge in [0.25, 0.3) is 5.91 Å². The second kappa shape index (κ2) is 9.70. The van der Waals surface area contributed by atoms with Gasteiger partial charge in [-0.15, -0.1) is 0 Å². The maximum atomic E-state index is 12.1. The lowest BCUT2D eigenvalue weighted by molar-refractivity contribution is 0.0969. The molecule has 0 fully saturated rings. The van der Waals surface area contributed by atoms with Crippen molar-refractivity contribution in [1.82, 2.24) is 10.5 Å². The van der Waals surface area contributed by atoms with Crippen LogP contribution in [0.15, 0.2) is 59.1 Å². The first kappa shape index (κ1) is 20.3. The van der Waals surface area contributed by atoms with E-state index >= 15 is 0 Å². The molecule has 0 aliphatic rings. The number of rotatable bonds is 7. The molecule has 3 rings (SSSR count). The third-order valence-electron chi connectivity index (χ3n) is 3.79. The lowest BCUT2D eigenvalue weighted by atomic mass is 10.2. The Morgan fingerprint density at radius 3 is 2.59 bits per heavy atom. The van der Waals surface area contributed by atoms with Crippen molar-refractivity contribution in [2.45, 2.75) is 20.5 Å². The van der Waals surface area contributed by atoms with Crippen molar-refractivity contribution in [2.24, 2.45) is 0 Å². The highest BCUT2D eigenvalue weighted by Gasteiger charge is 2.12. The molecule has 7 nitrogen and oxygen atoms in total. The Hall–Kier alpha value is -3.39. The van der Waals surface area contributed by atoms with Crippen LogP contribution in [0.25, 0.3) is 0 Å². The topological polar surface area (TPSA) is 85.6 Å². The van der Waals surface area contributed by atoms with Crippen LogP contribution in [0.1, 0.15) is 28.7 Å². The molecular formula is C21H21N3O4S. The van der Waals surface area contributed by atoms with Gasteiger partial charge in [-0.3, -0.25) is 10.1 Å². The lowest BCUT2D eigenvalue weighted by Gasteiger charge is -2.11. The van der Waals surface area contributed by atoms with Crippen molar-refractivity contribution in [3.63, 3.8) is 0 Å². The van der Waals surface area contributed by atoms with E-state index in [2.05, 4.69) is 15.8 Å². The Labute approximate surface area is 174 Å². The summed E-state index contributed by atoms with van der Waals surface area (Å²) in [5.41, 5.74) is 1.85. The molecule has 0 saturated carbocycles. The summed E-state index contributed by atoms with van der Waals surface area (Å²) in [6.07, 6.45) is 0. The van der Waals surface area contributed by atoms with Gasteiger partial charge in [0.15, 0.2) is 10.8 Å². The molecule has 1 heterocycles. The number of ether oxygens (including phenoxy) is 2. The molecule has 0 aliphatic heterocycles. The zero-order chi connectivity index (χ0) is 20.6. The Balaban J connectivity index is 1.55. The Kier molecular flexibility index (Phi) is 6.80. The fourth-order valence-corrected chi connectivity index (χ4v) is 2.74. The summed E-state index contributed by atoms with van der Waals surface area (Å²) in [5, 5.41) is 9.32. The van der Waals surface area contributed by atoms with Crippen LogP contribution in [0.3, 0.4) is 0 Å². The second-order valence-corrected chi connectivity index (χ2v) is 6.54. The minimum Gasteiger partial charge on any atom is -0.494 e. The molecule has 0 radical (unpaired) electrons. The molecule has 0 aliphatic carbocycles. The zero-order valence-corrected chi connectivity index (χ0v) is 16.9. The average molecular weight is 411 g/mol. The van der Waals surface area contributed by atoms with Crippen LogP contribution in [0.5, 0.6) is 11.5 Å². The van der Waals surface area contributed by atoms with E-state index in [0.29, 0.717) is 30.4 Å². The molecule has 2 N–H and O–H groups in total. The number of hydrogen-bond acceptors (Lipinski definition) is 6. The highest BCUT2D eigenvalue weighted by Crippen LogP contribution is 2.20. The van der Waals surface area contributed by atoms with Gasteiger partial charge in [0.1, 0.15) is 23.9 Å². The van der Waals surface area contributed by atoms with Gasteiger partial charge in [-0.2, -0.15) is 0 Å². The fourth-order valence-electron chi connectivity index (χ4n) is 2.52. The van der Waals surface area contributed by atoms with E-state index < -0.39 is 5.91 Å². The smallest absolute Gasteiger partial charge is 0.279 e. The number of carbonyl (C=O) groups excluding carboxylic acids is 1. The lowest BCUT2D eigenvalue weighted by Crippen LogP contribution is -2.34. The van der Waals surface area contributed by atoms with E-state index in [1.54, 1.807) is 13.0 Å². The molecule has 0 spiro atoms. The second-order valence-electron chi connectivity index (χ2n) is 6.13. The van der Waals surface area contributed by atoms with Crippen molar-refractivity contribution in [3.05, 3.63) is 71.6 Å². The summed E-state index contributed by atoms with van der Waals surface area (Å²) in [7, 11) is 0. The monoisotopic (exact) mass is 411 g/mol. The number of aryl methyl sites for hydroxylation is 1. The summed E-state index contributed by atoms with van der Waals surface area (Å²) in [5.74, 6) is 1.58. The summed E-state index contributed by atoms with van der Waals surface area (Å²) < 4.78 is 16.2. The molecule has 0 saturated heterocycles. The zero-order valence-electron chi connectivity index (χ0n) is 16.1. The minimum atomic E-state index is -0.444. The molecule has 3 aromatic rings. The SMILES string of the molecule is CCOc1cccc(COc2cccc(NC(=S)NC(=O)c3cc(C)on3)c2)c1. The Morgan fingerprint density at radius 2 is 1.86 bits per heavy atom. The predicted octanol–water partition coefficient (Wildman–Crippen LogP) is 4.09. The Bertz CT molecular complexity index is 1000. The largest absolute Gasteiger partial charge is 0.494 e. The van der Waals surface area contributed by atoms with Crippen molar-refractivity contribution in [2.75, 3.05) is 11.9 Å². The first-order valence-corrected chi connectivity index (χ1v) is 9.44. The van der Waals surface area contributed by atoms with Gasteiger partial charge in [-0.1, -0.05) is 23.4 Å². The van der Waals surface area contributed by atoms with Gasteiger partial charge < -0.3 is 19.3 Å². The van der Waals surface area contributed by atoms with Gasteiger partial charge in [-0.05, 0) is 55.9 Å². The quantitative estimate of drug-likeness (QED) is 0.567. The number of carbonyl (C=O) groups is 1. The molecule has 8 heteroatoms. The summed E-state index contributed by atoms with van der Waals surface area (Å²) >= 11 is 5.19. The van der Waals surface area contributed by atoms with E-state index in [0.717, 1.165) is 11.3 Å². The van der Waals surface area contributed by atoms with Crippen LogP contribution < -0.4 is 20.1 Å². The van der Waals surface area contributed by atoms with Crippen molar-refractivity contribution in [1.29, 1.82) is 0 Å². The van der Waals surface area contributed by atoms with Crippen LogP contribution >= 0.6 is 12.2 Å². The Morgan fingerprint density at radius 1 is 1.10 bits per heavy atom. The number of nitrogens with one attached hydrogen (secondary N) is 2. The van der Waals surface area contributed by atoms with E-state index in [1.807, 2.05) is 49.4 Å². The number of anilines is 1. The summed E-state index contributed by atoms with van der Waals surface area (Å²) in [4.78, 5) is 12.1. The van der Waals surface area contributed by atoms with E-state index in [1.165, 1.54) is 6.07 Å². The molecule has 0 unspecified atom stereocenters. The minimum absolute atomic E-state index is 0.150. The first-order valence-electron chi connectivity index (χ1n) is 9.03. The van der Waals surface area contributed by atoms with Crippen molar-refractivity contribution < 1.29 is 18.8 Å². The number of hydrogen-bond donors (Lipinski definition) is 2. The predicted molar refractivity (Wildman–Crippen MR) is 113 cm³/mol. The van der Waals surface area contributed by atoms with Crippen LogP contribution in [-0.2, 0) is 6.61 Å². The van der Waals surface area contributed by atoms with Crippen LogP contribution in [-0.4, -0.2) is 22.8 Å². The molecular weight excluding hydrogens is 390 g/mol. The molecule has 150 valence electrons. The molecule has 29 heavy (non-hydrogen) atoms. The summed E-state index contributed by atoms with van der Waals surface area (Å²) in [6.45, 7) is 4.67. The normalized spacial score (nSPS) is 10.3. The average Bonchev–Trinajstić information content (AvgIpc) is 3.14. The van der Waals surface area contributed by atoms with Crippen molar-refractivity contribution >= 4 is 28.9 Å². The van der Waals surface area contributed by atoms with Gasteiger partial charge in [0.05, 0.1) is 6.61 Å². The maximum Gasteiger partial charge on any atom is 0.279 e. The van der Waals surface area contributed by atoms with Gasteiger partial charge in [0, 0.05) is 17.8 Å². The van der Waals surface area contributed by atoms with Gasteiger partial charge in [0.2, 0.25) is 0 Å². The van der Waals surface area contributed by atoms with E-state index in [-0.39, 0.29) is 10.8 Å². The van der Waals surface area contributed by atoms with Crippen molar-refractivity contribution in [3.8, 4) is 11.5 Å². The molecule has 1 amide bonds.